The van der Waals surface area contributed by atoms with Gasteiger partial charge < -0.3 is 15.2 Å². The van der Waals surface area contributed by atoms with Crippen molar-refractivity contribution in [1.82, 2.24) is 5.32 Å². The zero-order chi connectivity index (χ0) is 20.2. The number of alkyl halides is 3. The molecule has 1 aromatic rings. The molecule has 1 aliphatic carbocycles. The Morgan fingerprint density at radius 1 is 1.41 bits per heavy atom. The van der Waals surface area contributed by atoms with Gasteiger partial charge in [0.2, 0.25) is 0 Å². The maximum atomic E-state index is 12.5. The Morgan fingerprint density at radius 3 is 2.56 bits per heavy atom. The predicted molar refractivity (Wildman–Crippen MR) is 89.6 cm³/mol. The van der Waals surface area contributed by atoms with Crippen molar-refractivity contribution in [3.8, 4) is 5.75 Å². The zero-order valence-corrected chi connectivity index (χ0v) is 14.7. The van der Waals surface area contributed by atoms with Gasteiger partial charge in [0.1, 0.15) is 11.3 Å². The first-order valence-corrected chi connectivity index (χ1v) is 8.54. The SMILES string of the molecule is CCC1(O)CCC(NC(=O)c2cc(OCC(F)(F)F)ccc2[N+](=O)[O-])CC1. The monoisotopic (exact) mass is 390 g/mol. The van der Waals surface area contributed by atoms with Gasteiger partial charge in [0.15, 0.2) is 6.61 Å². The summed E-state index contributed by atoms with van der Waals surface area (Å²) < 4.78 is 41.4. The number of nitro groups is 1. The highest BCUT2D eigenvalue weighted by molar-refractivity contribution is 5.98. The van der Waals surface area contributed by atoms with E-state index in [1.165, 1.54) is 0 Å². The summed E-state index contributed by atoms with van der Waals surface area (Å²) in [7, 11) is 0. The zero-order valence-electron chi connectivity index (χ0n) is 14.7. The van der Waals surface area contributed by atoms with Crippen LogP contribution in [-0.2, 0) is 0 Å². The van der Waals surface area contributed by atoms with E-state index in [4.69, 9.17) is 0 Å². The number of hydrogen-bond donors (Lipinski definition) is 2. The third kappa shape index (κ3) is 5.81. The van der Waals surface area contributed by atoms with Crippen molar-refractivity contribution in [2.75, 3.05) is 6.61 Å². The number of carbonyl (C=O) groups excluding carboxylic acids is 1. The van der Waals surface area contributed by atoms with E-state index in [-0.39, 0.29) is 17.4 Å². The number of carbonyl (C=O) groups is 1. The highest BCUT2D eigenvalue weighted by atomic mass is 19.4. The van der Waals surface area contributed by atoms with Gasteiger partial charge in [-0.05, 0) is 44.2 Å². The molecule has 27 heavy (non-hydrogen) atoms. The number of nitro benzene ring substituents is 1. The third-order valence-electron chi connectivity index (χ3n) is 4.72. The fraction of sp³-hybridized carbons (Fsp3) is 0.588. The van der Waals surface area contributed by atoms with Crippen LogP contribution in [0.4, 0.5) is 18.9 Å². The first kappa shape index (κ1) is 20.9. The van der Waals surface area contributed by atoms with Crippen LogP contribution in [0, 0.1) is 10.1 Å². The highest BCUT2D eigenvalue weighted by Gasteiger charge is 2.33. The summed E-state index contributed by atoms with van der Waals surface area (Å²) >= 11 is 0. The summed E-state index contributed by atoms with van der Waals surface area (Å²) in [5.41, 5.74) is -1.65. The second-order valence-corrected chi connectivity index (χ2v) is 6.67. The normalized spacial score (nSPS) is 22.9. The minimum atomic E-state index is -4.57. The van der Waals surface area contributed by atoms with Crippen molar-refractivity contribution >= 4 is 11.6 Å². The average Bonchev–Trinajstić information content (AvgIpc) is 2.61. The number of nitrogens with zero attached hydrogens (tertiary/aromatic N) is 1. The fourth-order valence-electron chi connectivity index (χ4n) is 3.03. The van der Waals surface area contributed by atoms with Crippen LogP contribution in [0.25, 0.3) is 0 Å². The van der Waals surface area contributed by atoms with Crippen molar-refractivity contribution in [1.29, 1.82) is 0 Å². The van der Waals surface area contributed by atoms with E-state index in [1.807, 2.05) is 6.92 Å². The van der Waals surface area contributed by atoms with Gasteiger partial charge >= 0.3 is 6.18 Å². The molecule has 0 spiro atoms. The molecule has 0 aromatic heterocycles. The van der Waals surface area contributed by atoms with Crippen LogP contribution in [0.3, 0.4) is 0 Å². The highest BCUT2D eigenvalue weighted by Crippen LogP contribution is 2.31. The van der Waals surface area contributed by atoms with E-state index >= 15 is 0 Å². The minimum Gasteiger partial charge on any atom is -0.484 e. The van der Waals surface area contributed by atoms with Gasteiger partial charge in [-0.3, -0.25) is 14.9 Å². The molecule has 1 fully saturated rings. The molecule has 2 N–H and O–H groups in total. The Hall–Kier alpha value is -2.36. The minimum absolute atomic E-state index is 0.274. The lowest BCUT2D eigenvalue weighted by Gasteiger charge is -2.35. The maximum Gasteiger partial charge on any atom is 0.422 e. The molecule has 0 saturated heterocycles. The topological polar surface area (TPSA) is 102 Å². The van der Waals surface area contributed by atoms with Crippen LogP contribution in [0.15, 0.2) is 18.2 Å². The number of ether oxygens (including phenoxy) is 1. The van der Waals surface area contributed by atoms with E-state index in [2.05, 4.69) is 10.1 Å². The summed E-state index contributed by atoms with van der Waals surface area (Å²) in [4.78, 5) is 22.8. The van der Waals surface area contributed by atoms with Crippen LogP contribution in [-0.4, -0.2) is 40.4 Å². The molecule has 150 valence electrons. The van der Waals surface area contributed by atoms with Gasteiger partial charge in [-0.1, -0.05) is 6.92 Å². The predicted octanol–water partition coefficient (Wildman–Crippen LogP) is 3.35. The molecule has 0 unspecified atom stereocenters. The van der Waals surface area contributed by atoms with Gasteiger partial charge in [-0.2, -0.15) is 13.2 Å². The second-order valence-electron chi connectivity index (χ2n) is 6.67. The van der Waals surface area contributed by atoms with Crippen LogP contribution < -0.4 is 10.1 Å². The number of amides is 1. The number of nitrogens with one attached hydrogen (secondary N) is 1. The standard InChI is InChI=1S/C17H21F3N2O5/c1-2-16(24)7-5-11(6-8-16)21-15(23)13-9-12(27-10-17(18,19)20)3-4-14(13)22(25)26/h3-4,9,11,24H,2,5-8,10H2,1H3,(H,21,23). The molecule has 0 radical (unpaired) electrons. The van der Waals surface area contributed by atoms with E-state index in [9.17, 15) is 33.2 Å². The lowest BCUT2D eigenvalue weighted by molar-refractivity contribution is -0.385. The largest absolute Gasteiger partial charge is 0.484 e. The molecule has 1 aliphatic rings. The molecule has 2 rings (SSSR count). The van der Waals surface area contributed by atoms with Crippen LogP contribution >= 0.6 is 0 Å². The molecule has 1 saturated carbocycles. The molecule has 1 aromatic carbocycles. The molecule has 7 nitrogen and oxygen atoms in total. The third-order valence-corrected chi connectivity index (χ3v) is 4.72. The summed E-state index contributed by atoms with van der Waals surface area (Å²) in [5, 5.41) is 24.0. The van der Waals surface area contributed by atoms with Crippen molar-refractivity contribution in [3.63, 3.8) is 0 Å². The quantitative estimate of drug-likeness (QED) is 0.573. The number of rotatable bonds is 6. The number of hydrogen-bond acceptors (Lipinski definition) is 5. The van der Waals surface area contributed by atoms with Crippen LogP contribution in [0.1, 0.15) is 49.4 Å². The van der Waals surface area contributed by atoms with Gasteiger partial charge in [-0.15, -0.1) is 0 Å². The summed E-state index contributed by atoms with van der Waals surface area (Å²) in [5.74, 6) is -1.04. The van der Waals surface area contributed by atoms with Gasteiger partial charge in [0.25, 0.3) is 11.6 Å². The van der Waals surface area contributed by atoms with Crippen LogP contribution in [0.2, 0.25) is 0 Å². The molecular formula is C17H21F3N2O5. The maximum absolute atomic E-state index is 12.5. The lowest BCUT2D eigenvalue weighted by Crippen LogP contribution is -2.43. The molecule has 0 aliphatic heterocycles. The molecule has 0 atom stereocenters. The summed E-state index contributed by atoms with van der Waals surface area (Å²) in [6, 6.07) is 2.62. The van der Waals surface area contributed by atoms with Crippen molar-refractivity contribution in [2.45, 2.75) is 56.8 Å². The first-order valence-electron chi connectivity index (χ1n) is 8.54. The second kappa shape index (κ2) is 8.12. The number of halogens is 3. The Bertz CT molecular complexity index is 700. The van der Waals surface area contributed by atoms with Gasteiger partial charge in [-0.25, -0.2) is 0 Å². The molecular weight excluding hydrogens is 369 g/mol. The van der Waals surface area contributed by atoms with Gasteiger partial charge in [0, 0.05) is 12.1 Å². The van der Waals surface area contributed by atoms with E-state index < -0.39 is 34.9 Å². The van der Waals surface area contributed by atoms with Crippen molar-refractivity contribution in [3.05, 3.63) is 33.9 Å². The van der Waals surface area contributed by atoms with E-state index in [0.29, 0.717) is 32.1 Å². The van der Waals surface area contributed by atoms with Gasteiger partial charge in [0.05, 0.1) is 10.5 Å². The van der Waals surface area contributed by atoms with Crippen LogP contribution in [0.5, 0.6) is 5.75 Å². The summed E-state index contributed by atoms with van der Waals surface area (Å²) in [6.07, 6.45) is -1.97. The lowest BCUT2D eigenvalue weighted by atomic mass is 9.80. The smallest absolute Gasteiger partial charge is 0.422 e. The Balaban J connectivity index is 2.12. The van der Waals surface area contributed by atoms with E-state index in [1.54, 1.807) is 0 Å². The fourth-order valence-corrected chi connectivity index (χ4v) is 3.03. The average molecular weight is 390 g/mol. The molecule has 1 amide bonds. The van der Waals surface area contributed by atoms with Crippen molar-refractivity contribution < 1.29 is 32.7 Å². The van der Waals surface area contributed by atoms with E-state index in [0.717, 1.165) is 18.2 Å². The summed E-state index contributed by atoms with van der Waals surface area (Å²) in [6.45, 7) is 0.304. The first-order chi connectivity index (χ1) is 12.5. The van der Waals surface area contributed by atoms with Crippen molar-refractivity contribution in [2.24, 2.45) is 0 Å². The molecule has 0 bridgehead atoms. The molecule has 0 heterocycles. The number of aliphatic hydroxyl groups is 1. The molecule has 10 heteroatoms. The Morgan fingerprint density at radius 2 is 2.04 bits per heavy atom. The number of benzene rings is 1. The Kier molecular flexibility index (Phi) is 6.30. The Labute approximate surface area is 153 Å².